The number of likely N-dealkylation sites (tertiary alicyclic amines) is 1. The van der Waals surface area contributed by atoms with Crippen LogP contribution < -0.4 is 0 Å². The number of hydrogen-bond acceptors (Lipinski definition) is 3. The van der Waals surface area contributed by atoms with Crippen molar-refractivity contribution in [3.8, 4) is 6.07 Å². The van der Waals surface area contributed by atoms with Gasteiger partial charge >= 0.3 is 0 Å². The fourth-order valence-corrected chi connectivity index (χ4v) is 2.69. The summed E-state index contributed by atoms with van der Waals surface area (Å²) >= 11 is 0. The van der Waals surface area contributed by atoms with Gasteiger partial charge in [0.1, 0.15) is 0 Å². The molecule has 0 amide bonds. The van der Waals surface area contributed by atoms with Crippen molar-refractivity contribution in [1.29, 1.82) is 5.26 Å². The molecule has 0 N–H and O–H groups in total. The first-order chi connectivity index (χ1) is 6.77. The van der Waals surface area contributed by atoms with Crippen LogP contribution in [0, 0.1) is 17.2 Å². The van der Waals surface area contributed by atoms with E-state index in [4.69, 9.17) is 10.00 Å². The minimum Gasteiger partial charge on any atom is -0.379 e. The van der Waals surface area contributed by atoms with Gasteiger partial charge in [-0.15, -0.1) is 0 Å². The molecule has 1 spiro atoms. The van der Waals surface area contributed by atoms with Crippen molar-refractivity contribution in [1.82, 2.24) is 4.90 Å². The molecule has 3 heteroatoms. The van der Waals surface area contributed by atoms with Crippen LogP contribution in [0.4, 0.5) is 0 Å². The Bertz CT molecular complexity index is 235. The smallest absolute Gasteiger partial charge is 0.0666 e. The molecular weight excluding hydrogens is 176 g/mol. The molecule has 0 aromatic rings. The molecule has 2 aliphatic heterocycles. The molecule has 0 saturated carbocycles. The summed E-state index contributed by atoms with van der Waals surface area (Å²) in [6.07, 6.45) is 3.68. The second-order valence-electron chi connectivity index (χ2n) is 4.61. The highest BCUT2D eigenvalue weighted by atomic mass is 16.5. The fraction of sp³-hybridized carbons (Fsp3) is 0.909. The SMILES string of the molecule is CC(C#N)CN1CCCC12CCOC2. The Morgan fingerprint density at radius 2 is 2.43 bits per heavy atom. The van der Waals surface area contributed by atoms with Crippen molar-refractivity contribution in [3.05, 3.63) is 0 Å². The predicted molar refractivity (Wildman–Crippen MR) is 53.8 cm³/mol. The van der Waals surface area contributed by atoms with E-state index in [1.54, 1.807) is 0 Å². The number of nitrogens with zero attached hydrogens (tertiary/aromatic N) is 2. The molecule has 2 aliphatic rings. The van der Waals surface area contributed by atoms with E-state index in [1.807, 2.05) is 6.92 Å². The van der Waals surface area contributed by atoms with Crippen LogP contribution in [0.25, 0.3) is 0 Å². The van der Waals surface area contributed by atoms with Gasteiger partial charge in [0.2, 0.25) is 0 Å². The molecular formula is C11H18N2O. The maximum Gasteiger partial charge on any atom is 0.0666 e. The Kier molecular flexibility index (Phi) is 2.76. The van der Waals surface area contributed by atoms with Gasteiger partial charge in [-0.3, -0.25) is 4.90 Å². The minimum absolute atomic E-state index is 0.144. The van der Waals surface area contributed by atoms with Crippen molar-refractivity contribution in [3.63, 3.8) is 0 Å². The summed E-state index contributed by atoms with van der Waals surface area (Å²) in [4.78, 5) is 2.48. The third kappa shape index (κ3) is 1.65. The van der Waals surface area contributed by atoms with E-state index in [1.165, 1.54) is 12.8 Å². The summed E-state index contributed by atoms with van der Waals surface area (Å²) in [5, 5.41) is 8.82. The highest BCUT2D eigenvalue weighted by molar-refractivity contribution is 5.00. The zero-order valence-corrected chi connectivity index (χ0v) is 8.83. The quantitative estimate of drug-likeness (QED) is 0.666. The number of nitriles is 1. The molecule has 0 aliphatic carbocycles. The number of ether oxygens (including phenoxy) is 1. The summed E-state index contributed by atoms with van der Waals surface area (Å²) < 4.78 is 5.50. The Balaban J connectivity index is 2.00. The van der Waals surface area contributed by atoms with Crippen LogP contribution >= 0.6 is 0 Å². The van der Waals surface area contributed by atoms with Crippen LogP contribution in [-0.2, 0) is 4.74 Å². The van der Waals surface area contributed by atoms with Gasteiger partial charge in [0.25, 0.3) is 0 Å². The molecule has 2 fully saturated rings. The molecule has 2 unspecified atom stereocenters. The highest BCUT2D eigenvalue weighted by Gasteiger charge is 2.43. The molecule has 0 bridgehead atoms. The van der Waals surface area contributed by atoms with Crippen LogP contribution in [0.2, 0.25) is 0 Å². The Morgan fingerprint density at radius 1 is 1.57 bits per heavy atom. The first-order valence-corrected chi connectivity index (χ1v) is 5.49. The standard InChI is InChI=1S/C11H18N2O/c1-10(7-12)8-13-5-2-3-11(13)4-6-14-9-11/h10H,2-6,8-9H2,1H3. The normalized spacial score (nSPS) is 34.9. The lowest BCUT2D eigenvalue weighted by molar-refractivity contribution is 0.0957. The van der Waals surface area contributed by atoms with Crippen molar-refractivity contribution in [2.45, 2.75) is 31.7 Å². The van der Waals surface area contributed by atoms with Gasteiger partial charge in [0.05, 0.1) is 18.6 Å². The maximum atomic E-state index is 8.82. The zero-order chi connectivity index (χ0) is 10.0. The molecule has 14 heavy (non-hydrogen) atoms. The molecule has 78 valence electrons. The summed E-state index contributed by atoms with van der Waals surface area (Å²) in [5.74, 6) is 0.144. The summed E-state index contributed by atoms with van der Waals surface area (Å²) in [6, 6.07) is 2.32. The van der Waals surface area contributed by atoms with Crippen molar-refractivity contribution >= 4 is 0 Å². The monoisotopic (exact) mass is 194 g/mol. The predicted octanol–water partition coefficient (Wildman–Crippen LogP) is 1.40. The van der Waals surface area contributed by atoms with E-state index >= 15 is 0 Å². The summed E-state index contributed by atoms with van der Waals surface area (Å²) in [7, 11) is 0. The van der Waals surface area contributed by atoms with E-state index in [9.17, 15) is 0 Å². The second kappa shape index (κ2) is 3.88. The molecule has 2 atom stereocenters. The average Bonchev–Trinajstić information content (AvgIpc) is 2.79. The lowest BCUT2D eigenvalue weighted by Crippen LogP contribution is -2.46. The van der Waals surface area contributed by atoms with E-state index in [0.717, 1.165) is 32.7 Å². The van der Waals surface area contributed by atoms with Gasteiger partial charge < -0.3 is 4.74 Å². The van der Waals surface area contributed by atoms with Gasteiger partial charge in [-0.25, -0.2) is 0 Å². The topological polar surface area (TPSA) is 36.3 Å². The Morgan fingerprint density at radius 3 is 3.07 bits per heavy atom. The van der Waals surface area contributed by atoms with E-state index in [-0.39, 0.29) is 5.92 Å². The van der Waals surface area contributed by atoms with Gasteiger partial charge in [0.15, 0.2) is 0 Å². The molecule has 2 saturated heterocycles. The second-order valence-corrected chi connectivity index (χ2v) is 4.61. The Labute approximate surface area is 85.6 Å². The van der Waals surface area contributed by atoms with Crippen molar-refractivity contribution in [2.75, 3.05) is 26.3 Å². The summed E-state index contributed by atoms with van der Waals surface area (Å²) in [6.45, 7) is 5.85. The van der Waals surface area contributed by atoms with Crippen LogP contribution in [0.1, 0.15) is 26.2 Å². The first kappa shape index (κ1) is 9.95. The fourth-order valence-electron chi connectivity index (χ4n) is 2.69. The maximum absolute atomic E-state index is 8.82. The van der Waals surface area contributed by atoms with E-state index < -0.39 is 0 Å². The van der Waals surface area contributed by atoms with Crippen LogP contribution in [0.5, 0.6) is 0 Å². The van der Waals surface area contributed by atoms with Crippen molar-refractivity contribution in [2.24, 2.45) is 5.92 Å². The van der Waals surface area contributed by atoms with E-state index in [2.05, 4.69) is 11.0 Å². The van der Waals surface area contributed by atoms with E-state index in [0.29, 0.717) is 5.54 Å². The first-order valence-electron chi connectivity index (χ1n) is 5.49. The molecule has 2 rings (SSSR count). The average molecular weight is 194 g/mol. The van der Waals surface area contributed by atoms with Gasteiger partial charge in [-0.05, 0) is 32.7 Å². The Hall–Kier alpha value is -0.590. The summed E-state index contributed by atoms with van der Waals surface area (Å²) in [5.41, 5.74) is 0.297. The third-order valence-electron chi connectivity index (χ3n) is 3.54. The minimum atomic E-state index is 0.144. The third-order valence-corrected chi connectivity index (χ3v) is 3.54. The lowest BCUT2D eigenvalue weighted by Gasteiger charge is -2.34. The van der Waals surface area contributed by atoms with Crippen LogP contribution in [0.3, 0.4) is 0 Å². The largest absolute Gasteiger partial charge is 0.379 e. The number of rotatable bonds is 2. The van der Waals surface area contributed by atoms with Crippen molar-refractivity contribution < 1.29 is 4.74 Å². The van der Waals surface area contributed by atoms with Crippen LogP contribution in [-0.4, -0.2) is 36.7 Å². The number of hydrogen-bond donors (Lipinski definition) is 0. The highest BCUT2D eigenvalue weighted by Crippen LogP contribution is 2.36. The molecule has 0 aromatic carbocycles. The molecule has 0 aromatic heterocycles. The van der Waals surface area contributed by atoms with Gasteiger partial charge in [0, 0.05) is 18.7 Å². The van der Waals surface area contributed by atoms with Gasteiger partial charge in [-0.2, -0.15) is 5.26 Å². The van der Waals surface area contributed by atoms with Crippen LogP contribution in [0.15, 0.2) is 0 Å². The van der Waals surface area contributed by atoms with Gasteiger partial charge in [-0.1, -0.05) is 0 Å². The zero-order valence-electron chi connectivity index (χ0n) is 8.83. The lowest BCUT2D eigenvalue weighted by atomic mass is 9.95. The molecule has 0 radical (unpaired) electrons. The molecule has 3 nitrogen and oxygen atoms in total. The molecule has 2 heterocycles.